The smallest absolute Gasteiger partial charge is 0.110 e. The normalized spacial score (nSPS) is 63.4. The molecule has 0 radical (unpaired) electrons. The van der Waals surface area contributed by atoms with E-state index in [2.05, 4.69) is 26.8 Å². The number of aliphatic hydroxyl groups excluding tert-OH is 1. The molecule has 1 heterocycles. The Morgan fingerprint density at radius 3 is 2.70 bits per heavy atom. The van der Waals surface area contributed by atoms with E-state index in [0.29, 0.717) is 17.8 Å². The van der Waals surface area contributed by atoms with Gasteiger partial charge in [-0.15, -0.1) is 0 Å². The Hall–Kier alpha value is -0.380. The van der Waals surface area contributed by atoms with Crippen LogP contribution in [0.2, 0.25) is 0 Å². The fraction of sp³-hybridized carbons (Fsp3) is 0.900. The van der Waals surface area contributed by atoms with Crippen molar-refractivity contribution in [2.75, 3.05) is 0 Å². The van der Waals surface area contributed by atoms with Crippen LogP contribution in [-0.4, -0.2) is 33.6 Å². The Bertz CT molecular complexity index is 600. The Morgan fingerprint density at radius 1 is 1.13 bits per heavy atom. The van der Waals surface area contributed by atoms with Crippen LogP contribution in [0.25, 0.3) is 0 Å². The van der Waals surface area contributed by atoms with E-state index in [9.17, 15) is 10.2 Å². The zero-order valence-electron chi connectivity index (χ0n) is 14.6. The van der Waals surface area contributed by atoms with Crippen LogP contribution in [0.4, 0.5) is 0 Å². The van der Waals surface area contributed by atoms with Gasteiger partial charge in [0.1, 0.15) is 11.7 Å². The standard InChI is InChI=1S/C20H30O3/c1-12-4-5-14-15-10-16-20(23-16)11-13(21)6-7-18(20,3)19(15,22)9-8-17(12,14)2/h10,12-14,16,21-22H,4-9,11H2,1-3H3/t12-,13-,14-,16-,17+,18+,19+,20-/m0/s1. The van der Waals surface area contributed by atoms with Crippen molar-refractivity contribution in [1.29, 1.82) is 0 Å². The molecular formula is C20H30O3. The van der Waals surface area contributed by atoms with Crippen molar-refractivity contribution < 1.29 is 14.9 Å². The van der Waals surface area contributed by atoms with Crippen LogP contribution >= 0.6 is 0 Å². The van der Waals surface area contributed by atoms with Gasteiger partial charge in [0, 0.05) is 11.8 Å². The number of hydrogen-bond acceptors (Lipinski definition) is 3. The Labute approximate surface area is 139 Å². The predicted molar refractivity (Wildman–Crippen MR) is 87.8 cm³/mol. The minimum atomic E-state index is -0.728. The molecule has 0 aromatic carbocycles. The van der Waals surface area contributed by atoms with E-state index >= 15 is 0 Å². The zero-order chi connectivity index (χ0) is 16.3. The minimum absolute atomic E-state index is 0.121. The van der Waals surface area contributed by atoms with Crippen LogP contribution in [0.1, 0.15) is 65.7 Å². The molecule has 8 atom stereocenters. The topological polar surface area (TPSA) is 53.0 Å². The Balaban J connectivity index is 1.64. The molecule has 0 amide bonds. The summed E-state index contributed by atoms with van der Waals surface area (Å²) in [6.45, 7) is 7.08. The predicted octanol–water partition coefficient (Wildman–Crippen LogP) is 3.19. The van der Waals surface area contributed by atoms with Crippen molar-refractivity contribution in [2.45, 2.75) is 89.1 Å². The molecule has 3 heteroatoms. The molecule has 5 rings (SSSR count). The van der Waals surface area contributed by atoms with E-state index in [4.69, 9.17) is 4.74 Å². The lowest BCUT2D eigenvalue weighted by atomic mass is 9.45. The van der Waals surface area contributed by atoms with Crippen LogP contribution in [0, 0.1) is 22.7 Å². The average molecular weight is 318 g/mol. The number of ether oxygens (including phenoxy) is 1. The van der Waals surface area contributed by atoms with Crippen LogP contribution in [-0.2, 0) is 4.74 Å². The quantitative estimate of drug-likeness (QED) is 0.533. The molecule has 0 unspecified atom stereocenters. The maximum Gasteiger partial charge on any atom is 0.110 e. The molecule has 0 aromatic heterocycles. The fourth-order valence-corrected chi connectivity index (χ4v) is 7.12. The van der Waals surface area contributed by atoms with Crippen LogP contribution < -0.4 is 0 Å². The second-order valence-corrected chi connectivity index (χ2v) is 9.68. The highest BCUT2D eigenvalue weighted by Gasteiger charge is 2.78. The molecule has 5 aliphatic rings. The number of fused-ring (bicyclic) bond motifs is 4. The summed E-state index contributed by atoms with van der Waals surface area (Å²) >= 11 is 0. The molecular weight excluding hydrogens is 288 g/mol. The summed E-state index contributed by atoms with van der Waals surface area (Å²) < 4.78 is 6.21. The number of epoxide rings is 1. The van der Waals surface area contributed by atoms with Gasteiger partial charge < -0.3 is 14.9 Å². The molecule has 128 valence electrons. The van der Waals surface area contributed by atoms with Crippen molar-refractivity contribution in [3.63, 3.8) is 0 Å². The van der Waals surface area contributed by atoms with Gasteiger partial charge in [0.15, 0.2) is 0 Å². The van der Waals surface area contributed by atoms with E-state index in [1.807, 2.05) is 0 Å². The first-order valence-electron chi connectivity index (χ1n) is 9.57. The SMILES string of the molecule is C[C@H]1CC[C@H]2C3=C[C@@H]4O[C@@]45C[C@@H](O)CC[C@]5(C)[C@@]3(O)CC[C@]12C. The Morgan fingerprint density at radius 2 is 1.91 bits per heavy atom. The molecule has 1 saturated heterocycles. The zero-order valence-corrected chi connectivity index (χ0v) is 14.6. The number of aliphatic hydroxyl groups is 2. The lowest BCUT2D eigenvalue weighted by Gasteiger charge is -2.60. The van der Waals surface area contributed by atoms with E-state index in [0.717, 1.165) is 31.6 Å². The van der Waals surface area contributed by atoms with Gasteiger partial charge in [0.25, 0.3) is 0 Å². The third kappa shape index (κ3) is 1.46. The summed E-state index contributed by atoms with van der Waals surface area (Å²) in [5.41, 5.74) is 0.376. The summed E-state index contributed by atoms with van der Waals surface area (Å²) in [7, 11) is 0. The molecule has 4 aliphatic carbocycles. The molecule has 3 nitrogen and oxygen atoms in total. The van der Waals surface area contributed by atoms with Gasteiger partial charge in [-0.2, -0.15) is 0 Å². The van der Waals surface area contributed by atoms with Crippen LogP contribution in [0.3, 0.4) is 0 Å². The van der Waals surface area contributed by atoms with Crippen LogP contribution in [0.5, 0.6) is 0 Å². The van der Waals surface area contributed by atoms with Gasteiger partial charge in [0.05, 0.1) is 11.7 Å². The van der Waals surface area contributed by atoms with Gasteiger partial charge in [0.2, 0.25) is 0 Å². The largest absolute Gasteiger partial charge is 0.393 e. The van der Waals surface area contributed by atoms with E-state index in [1.165, 1.54) is 18.4 Å². The summed E-state index contributed by atoms with van der Waals surface area (Å²) in [6, 6.07) is 0. The van der Waals surface area contributed by atoms with Gasteiger partial charge >= 0.3 is 0 Å². The summed E-state index contributed by atoms with van der Waals surface area (Å²) in [5.74, 6) is 1.26. The molecule has 0 aromatic rings. The summed E-state index contributed by atoms with van der Waals surface area (Å²) in [4.78, 5) is 0. The summed E-state index contributed by atoms with van der Waals surface area (Å²) in [6.07, 6.45) is 8.96. The second-order valence-electron chi connectivity index (χ2n) is 9.68. The lowest BCUT2D eigenvalue weighted by molar-refractivity contribution is -0.156. The monoisotopic (exact) mass is 318 g/mol. The molecule has 1 aliphatic heterocycles. The van der Waals surface area contributed by atoms with E-state index in [-0.39, 0.29) is 23.2 Å². The third-order valence-corrected chi connectivity index (χ3v) is 9.12. The lowest BCUT2D eigenvalue weighted by Crippen LogP contribution is -2.65. The van der Waals surface area contributed by atoms with E-state index in [1.54, 1.807) is 0 Å². The van der Waals surface area contributed by atoms with Gasteiger partial charge in [-0.1, -0.05) is 26.8 Å². The molecule has 2 N–H and O–H groups in total. The first kappa shape index (κ1) is 14.9. The van der Waals surface area contributed by atoms with Crippen molar-refractivity contribution in [1.82, 2.24) is 0 Å². The number of rotatable bonds is 0. The van der Waals surface area contributed by atoms with Crippen LogP contribution in [0.15, 0.2) is 11.6 Å². The first-order valence-corrected chi connectivity index (χ1v) is 9.57. The van der Waals surface area contributed by atoms with Gasteiger partial charge in [-0.05, 0) is 61.3 Å². The number of hydrogen-bond donors (Lipinski definition) is 2. The summed E-state index contributed by atoms with van der Waals surface area (Å²) in [5, 5.41) is 22.1. The first-order chi connectivity index (χ1) is 10.8. The highest BCUT2D eigenvalue weighted by atomic mass is 16.6. The molecule has 4 fully saturated rings. The second kappa shape index (κ2) is 4.05. The van der Waals surface area contributed by atoms with Crippen molar-refractivity contribution in [3.8, 4) is 0 Å². The fourth-order valence-electron chi connectivity index (χ4n) is 7.12. The van der Waals surface area contributed by atoms with E-state index < -0.39 is 5.60 Å². The Kier molecular flexibility index (Phi) is 2.63. The maximum absolute atomic E-state index is 11.9. The van der Waals surface area contributed by atoms with Crippen molar-refractivity contribution in [2.24, 2.45) is 22.7 Å². The van der Waals surface area contributed by atoms with Crippen molar-refractivity contribution >= 4 is 0 Å². The van der Waals surface area contributed by atoms with Gasteiger partial charge in [-0.25, -0.2) is 0 Å². The molecule has 0 bridgehead atoms. The maximum atomic E-state index is 11.9. The third-order valence-electron chi connectivity index (χ3n) is 9.12. The molecule has 1 spiro atoms. The molecule has 23 heavy (non-hydrogen) atoms. The highest BCUT2D eigenvalue weighted by molar-refractivity contribution is 5.44. The van der Waals surface area contributed by atoms with Gasteiger partial charge in [-0.3, -0.25) is 0 Å². The molecule has 3 saturated carbocycles. The minimum Gasteiger partial charge on any atom is -0.393 e. The highest BCUT2D eigenvalue weighted by Crippen LogP contribution is 2.73. The average Bonchev–Trinajstić information content (AvgIpc) is 3.11. The van der Waals surface area contributed by atoms with Crippen molar-refractivity contribution in [3.05, 3.63) is 11.6 Å².